The molecule has 0 amide bonds. The molecule has 1 aromatic heterocycles. The highest BCUT2D eigenvalue weighted by atomic mass is 16.5. The van der Waals surface area contributed by atoms with E-state index in [1.165, 1.54) is 5.56 Å². The zero-order valence-corrected chi connectivity index (χ0v) is 12.7. The molecular formula is C16H23N3O. The van der Waals surface area contributed by atoms with Crippen LogP contribution >= 0.6 is 0 Å². The van der Waals surface area contributed by atoms with Gasteiger partial charge in [-0.15, -0.1) is 0 Å². The van der Waals surface area contributed by atoms with Gasteiger partial charge in [-0.3, -0.25) is 4.68 Å². The number of nitrogens with zero attached hydrogens (tertiary/aromatic N) is 2. The minimum atomic E-state index is 0.319. The van der Waals surface area contributed by atoms with Crippen molar-refractivity contribution in [2.24, 2.45) is 7.05 Å². The predicted molar refractivity (Wildman–Crippen MR) is 80.8 cm³/mol. The number of hydrogen-bond donors (Lipinski definition) is 1. The van der Waals surface area contributed by atoms with Crippen LogP contribution in [0.3, 0.4) is 0 Å². The number of hydrogen-bond acceptors (Lipinski definition) is 3. The van der Waals surface area contributed by atoms with Gasteiger partial charge >= 0.3 is 0 Å². The van der Waals surface area contributed by atoms with Gasteiger partial charge in [0.05, 0.1) is 11.4 Å². The summed E-state index contributed by atoms with van der Waals surface area (Å²) in [4.78, 5) is 0. The minimum absolute atomic E-state index is 0.319. The lowest BCUT2D eigenvalue weighted by molar-refractivity contribution is 0.288. The Labute approximate surface area is 120 Å². The third kappa shape index (κ3) is 3.20. The van der Waals surface area contributed by atoms with Crippen LogP contribution < -0.4 is 10.1 Å². The first-order chi connectivity index (χ1) is 9.65. The fraction of sp³-hybridized carbons (Fsp3) is 0.438. The van der Waals surface area contributed by atoms with Gasteiger partial charge in [-0.25, -0.2) is 0 Å². The van der Waals surface area contributed by atoms with E-state index in [-0.39, 0.29) is 0 Å². The van der Waals surface area contributed by atoms with E-state index in [4.69, 9.17) is 4.74 Å². The van der Waals surface area contributed by atoms with Crippen molar-refractivity contribution in [3.63, 3.8) is 0 Å². The Morgan fingerprint density at radius 2 is 2.10 bits per heavy atom. The van der Waals surface area contributed by atoms with Crippen molar-refractivity contribution in [1.82, 2.24) is 15.1 Å². The molecule has 1 heterocycles. The first-order valence-electron chi connectivity index (χ1n) is 7.04. The molecule has 1 unspecified atom stereocenters. The van der Waals surface area contributed by atoms with Gasteiger partial charge in [0, 0.05) is 18.7 Å². The highest BCUT2D eigenvalue weighted by Crippen LogP contribution is 2.27. The fourth-order valence-corrected chi connectivity index (χ4v) is 2.43. The van der Waals surface area contributed by atoms with Crippen LogP contribution in [0.5, 0.6) is 5.75 Å². The number of benzene rings is 1. The van der Waals surface area contributed by atoms with Crippen molar-refractivity contribution in [3.05, 3.63) is 47.3 Å². The van der Waals surface area contributed by atoms with Gasteiger partial charge in [-0.05, 0) is 32.5 Å². The SMILES string of the molecule is CCC(NC)c1ccccc1OCc1cc(C)nn1C. The first kappa shape index (κ1) is 14.6. The Morgan fingerprint density at radius 1 is 1.35 bits per heavy atom. The molecule has 0 aliphatic rings. The molecular weight excluding hydrogens is 250 g/mol. The Morgan fingerprint density at radius 3 is 2.70 bits per heavy atom. The molecule has 1 atom stereocenters. The molecule has 4 heteroatoms. The Bertz CT molecular complexity index is 559. The van der Waals surface area contributed by atoms with Crippen LogP contribution in [0.2, 0.25) is 0 Å². The van der Waals surface area contributed by atoms with Crippen LogP contribution in [-0.2, 0) is 13.7 Å². The molecule has 0 aliphatic heterocycles. The van der Waals surface area contributed by atoms with Crippen molar-refractivity contribution in [2.45, 2.75) is 32.9 Å². The average Bonchev–Trinajstić information content (AvgIpc) is 2.77. The average molecular weight is 273 g/mol. The van der Waals surface area contributed by atoms with Crippen molar-refractivity contribution in [1.29, 1.82) is 0 Å². The topological polar surface area (TPSA) is 39.1 Å². The molecule has 0 fully saturated rings. The van der Waals surface area contributed by atoms with E-state index in [0.29, 0.717) is 12.6 Å². The van der Waals surface area contributed by atoms with Gasteiger partial charge in [0.15, 0.2) is 0 Å². The summed E-state index contributed by atoms with van der Waals surface area (Å²) in [5, 5.41) is 7.66. The van der Waals surface area contributed by atoms with E-state index in [2.05, 4.69) is 35.5 Å². The largest absolute Gasteiger partial charge is 0.487 e. The molecule has 4 nitrogen and oxygen atoms in total. The summed E-state index contributed by atoms with van der Waals surface area (Å²) in [6, 6.07) is 10.6. The van der Waals surface area contributed by atoms with Gasteiger partial charge in [-0.2, -0.15) is 5.10 Å². The summed E-state index contributed by atoms with van der Waals surface area (Å²) in [5.41, 5.74) is 3.30. The lowest BCUT2D eigenvalue weighted by Crippen LogP contribution is -2.16. The molecule has 0 bridgehead atoms. The fourth-order valence-electron chi connectivity index (χ4n) is 2.43. The van der Waals surface area contributed by atoms with Crippen molar-refractivity contribution in [3.8, 4) is 5.75 Å². The third-order valence-electron chi connectivity index (χ3n) is 3.53. The summed E-state index contributed by atoms with van der Waals surface area (Å²) in [7, 11) is 3.93. The molecule has 0 aliphatic carbocycles. The van der Waals surface area contributed by atoms with E-state index in [0.717, 1.165) is 23.6 Å². The highest BCUT2D eigenvalue weighted by molar-refractivity contribution is 5.36. The number of rotatable bonds is 6. The van der Waals surface area contributed by atoms with Crippen LogP contribution in [0.1, 0.15) is 36.3 Å². The Balaban J connectivity index is 2.15. The van der Waals surface area contributed by atoms with Crippen LogP contribution in [0.4, 0.5) is 0 Å². The van der Waals surface area contributed by atoms with E-state index in [1.807, 2.05) is 37.8 Å². The third-order valence-corrected chi connectivity index (χ3v) is 3.53. The summed E-state index contributed by atoms with van der Waals surface area (Å²) in [6.07, 6.45) is 1.03. The molecule has 108 valence electrons. The molecule has 1 N–H and O–H groups in total. The summed E-state index contributed by atoms with van der Waals surface area (Å²) < 4.78 is 7.87. The molecule has 0 radical (unpaired) electrons. The number of aromatic nitrogens is 2. The van der Waals surface area contributed by atoms with Crippen LogP contribution in [0, 0.1) is 6.92 Å². The minimum Gasteiger partial charge on any atom is -0.487 e. The van der Waals surface area contributed by atoms with E-state index in [1.54, 1.807) is 0 Å². The zero-order chi connectivity index (χ0) is 14.5. The quantitative estimate of drug-likeness (QED) is 0.879. The standard InChI is InChI=1S/C16H23N3O/c1-5-15(17-3)14-8-6-7-9-16(14)20-11-13-10-12(2)18-19(13)4/h6-10,15,17H,5,11H2,1-4H3. The Hall–Kier alpha value is -1.81. The maximum absolute atomic E-state index is 6.00. The van der Waals surface area contributed by atoms with E-state index >= 15 is 0 Å². The van der Waals surface area contributed by atoms with Crippen LogP contribution in [0.25, 0.3) is 0 Å². The van der Waals surface area contributed by atoms with E-state index < -0.39 is 0 Å². The molecule has 0 saturated heterocycles. The number of aryl methyl sites for hydroxylation is 2. The smallest absolute Gasteiger partial charge is 0.130 e. The Kier molecular flexibility index (Phi) is 4.79. The van der Waals surface area contributed by atoms with Gasteiger partial charge in [0.25, 0.3) is 0 Å². The normalized spacial score (nSPS) is 12.4. The highest BCUT2D eigenvalue weighted by Gasteiger charge is 2.12. The predicted octanol–water partition coefficient (Wildman–Crippen LogP) is 2.98. The van der Waals surface area contributed by atoms with Crippen LogP contribution in [0.15, 0.2) is 30.3 Å². The van der Waals surface area contributed by atoms with Gasteiger partial charge in [-0.1, -0.05) is 25.1 Å². The second-order valence-corrected chi connectivity index (χ2v) is 4.98. The first-order valence-corrected chi connectivity index (χ1v) is 7.04. The van der Waals surface area contributed by atoms with Crippen molar-refractivity contribution >= 4 is 0 Å². The zero-order valence-electron chi connectivity index (χ0n) is 12.7. The molecule has 0 saturated carbocycles. The summed E-state index contributed by atoms with van der Waals surface area (Å²) in [5.74, 6) is 0.938. The lowest BCUT2D eigenvalue weighted by atomic mass is 10.0. The molecule has 2 rings (SSSR count). The number of nitrogens with one attached hydrogen (secondary N) is 1. The van der Waals surface area contributed by atoms with Gasteiger partial charge < -0.3 is 10.1 Å². The monoisotopic (exact) mass is 273 g/mol. The maximum Gasteiger partial charge on any atom is 0.130 e. The van der Waals surface area contributed by atoms with Crippen molar-refractivity contribution < 1.29 is 4.74 Å². The molecule has 0 spiro atoms. The van der Waals surface area contributed by atoms with Crippen LogP contribution in [-0.4, -0.2) is 16.8 Å². The van der Waals surface area contributed by atoms with E-state index in [9.17, 15) is 0 Å². The number of para-hydroxylation sites is 1. The van der Waals surface area contributed by atoms with Gasteiger partial charge in [0.2, 0.25) is 0 Å². The molecule has 2 aromatic rings. The maximum atomic E-state index is 6.00. The molecule has 1 aromatic carbocycles. The van der Waals surface area contributed by atoms with Gasteiger partial charge in [0.1, 0.15) is 12.4 Å². The number of ether oxygens (including phenoxy) is 1. The second-order valence-electron chi connectivity index (χ2n) is 4.98. The lowest BCUT2D eigenvalue weighted by Gasteiger charge is -2.18. The second kappa shape index (κ2) is 6.57. The molecule has 20 heavy (non-hydrogen) atoms. The summed E-state index contributed by atoms with van der Waals surface area (Å²) in [6.45, 7) is 4.70. The van der Waals surface area contributed by atoms with Crippen molar-refractivity contribution in [2.75, 3.05) is 7.05 Å². The summed E-state index contributed by atoms with van der Waals surface area (Å²) >= 11 is 0.